The summed E-state index contributed by atoms with van der Waals surface area (Å²) in [5.41, 5.74) is 0.104. The van der Waals surface area contributed by atoms with Crippen LogP contribution in [0, 0.1) is 19.8 Å². The molecule has 1 fully saturated rings. The lowest BCUT2D eigenvalue weighted by atomic mass is 9.96. The Kier molecular flexibility index (Phi) is 2.66. The van der Waals surface area contributed by atoms with Gasteiger partial charge in [0.25, 0.3) is 0 Å². The number of hydrogen-bond acceptors (Lipinski definition) is 4. The van der Waals surface area contributed by atoms with Crippen LogP contribution in [0.3, 0.4) is 0 Å². The molecule has 1 aromatic heterocycles. The second-order valence-electron chi connectivity index (χ2n) is 4.57. The Hall–Kier alpha value is -1.10. The van der Waals surface area contributed by atoms with E-state index in [1.807, 2.05) is 13.8 Å². The minimum Gasteiger partial charge on any atom is -0.480 e. The highest BCUT2D eigenvalue weighted by molar-refractivity contribution is 7.15. The SMILES string of the molecule is Cc1nc(NC(C)(C(=O)O)C2CC2)sc1C. The molecular formula is C11H16N2O2S. The van der Waals surface area contributed by atoms with E-state index in [1.54, 1.807) is 6.92 Å². The smallest absolute Gasteiger partial charge is 0.329 e. The number of carboxylic acids is 1. The van der Waals surface area contributed by atoms with Crippen LogP contribution < -0.4 is 5.32 Å². The summed E-state index contributed by atoms with van der Waals surface area (Å²) in [4.78, 5) is 16.8. The van der Waals surface area contributed by atoms with Gasteiger partial charge in [-0.2, -0.15) is 0 Å². The lowest BCUT2D eigenvalue weighted by Crippen LogP contribution is -2.45. The summed E-state index contributed by atoms with van der Waals surface area (Å²) >= 11 is 1.52. The van der Waals surface area contributed by atoms with Crippen LogP contribution in [-0.4, -0.2) is 21.6 Å². The number of hydrogen-bond donors (Lipinski definition) is 2. The van der Waals surface area contributed by atoms with Crippen LogP contribution in [0.15, 0.2) is 0 Å². The molecule has 0 spiro atoms. The molecule has 2 N–H and O–H groups in total. The van der Waals surface area contributed by atoms with Crippen molar-refractivity contribution < 1.29 is 9.90 Å². The number of thiazole rings is 1. The first-order valence-electron chi connectivity index (χ1n) is 5.39. The minimum atomic E-state index is -0.864. The van der Waals surface area contributed by atoms with E-state index in [9.17, 15) is 9.90 Å². The molecule has 1 saturated carbocycles. The van der Waals surface area contributed by atoms with Gasteiger partial charge in [-0.25, -0.2) is 9.78 Å². The highest BCUT2D eigenvalue weighted by Crippen LogP contribution is 2.42. The average Bonchev–Trinajstić information content (AvgIpc) is 2.96. The number of aliphatic carboxylic acids is 1. The van der Waals surface area contributed by atoms with E-state index in [2.05, 4.69) is 10.3 Å². The van der Waals surface area contributed by atoms with Gasteiger partial charge in [0, 0.05) is 4.88 Å². The fourth-order valence-electron chi connectivity index (χ4n) is 1.74. The van der Waals surface area contributed by atoms with Gasteiger partial charge in [0.2, 0.25) is 0 Å². The van der Waals surface area contributed by atoms with Crippen molar-refractivity contribution in [3.05, 3.63) is 10.6 Å². The highest BCUT2D eigenvalue weighted by Gasteiger charge is 2.48. The molecule has 0 amide bonds. The zero-order chi connectivity index (χ0) is 11.9. The molecule has 1 aliphatic rings. The Bertz CT molecular complexity index is 406. The maximum atomic E-state index is 11.3. The quantitative estimate of drug-likeness (QED) is 0.848. The second-order valence-corrected chi connectivity index (χ2v) is 5.77. The molecule has 4 nitrogen and oxygen atoms in total. The first-order valence-corrected chi connectivity index (χ1v) is 6.20. The van der Waals surface area contributed by atoms with Crippen molar-refractivity contribution in [2.24, 2.45) is 5.92 Å². The van der Waals surface area contributed by atoms with Crippen molar-refractivity contribution in [1.82, 2.24) is 4.98 Å². The fraction of sp³-hybridized carbons (Fsp3) is 0.636. The zero-order valence-corrected chi connectivity index (χ0v) is 10.5. The average molecular weight is 240 g/mol. The normalized spacial score (nSPS) is 19.2. The molecule has 1 heterocycles. The maximum Gasteiger partial charge on any atom is 0.329 e. The van der Waals surface area contributed by atoms with E-state index in [4.69, 9.17) is 0 Å². The van der Waals surface area contributed by atoms with Gasteiger partial charge in [-0.1, -0.05) is 0 Å². The summed E-state index contributed by atoms with van der Waals surface area (Å²) in [6.07, 6.45) is 1.97. The van der Waals surface area contributed by atoms with Crippen LogP contribution >= 0.6 is 11.3 Å². The molecule has 5 heteroatoms. The lowest BCUT2D eigenvalue weighted by molar-refractivity contribution is -0.142. The van der Waals surface area contributed by atoms with E-state index in [0.29, 0.717) is 5.13 Å². The van der Waals surface area contributed by atoms with Gasteiger partial charge >= 0.3 is 5.97 Å². The molecule has 16 heavy (non-hydrogen) atoms. The largest absolute Gasteiger partial charge is 0.480 e. The van der Waals surface area contributed by atoms with Gasteiger partial charge in [0.1, 0.15) is 5.54 Å². The molecule has 0 bridgehead atoms. The Morgan fingerprint density at radius 1 is 1.56 bits per heavy atom. The number of nitrogens with one attached hydrogen (secondary N) is 1. The van der Waals surface area contributed by atoms with Crippen LogP contribution in [0.2, 0.25) is 0 Å². The topological polar surface area (TPSA) is 62.2 Å². The van der Waals surface area contributed by atoms with Crippen molar-refractivity contribution in [2.45, 2.75) is 39.2 Å². The zero-order valence-electron chi connectivity index (χ0n) is 9.70. The van der Waals surface area contributed by atoms with Crippen molar-refractivity contribution in [2.75, 3.05) is 5.32 Å². The Morgan fingerprint density at radius 3 is 2.56 bits per heavy atom. The van der Waals surface area contributed by atoms with E-state index in [-0.39, 0.29) is 5.92 Å². The van der Waals surface area contributed by atoms with Gasteiger partial charge in [0.15, 0.2) is 5.13 Å². The standard InChI is InChI=1S/C11H16N2O2S/c1-6-7(2)16-10(12-6)13-11(3,9(14)15)8-4-5-8/h8H,4-5H2,1-3H3,(H,12,13)(H,14,15). The molecule has 0 aliphatic heterocycles. The number of carboxylic acid groups (broad SMARTS) is 1. The van der Waals surface area contributed by atoms with Gasteiger partial charge < -0.3 is 10.4 Å². The van der Waals surface area contributed by atoms with Crippen LogP contribution in [0.1, 0.15) is 30.3 Å². The van der Waals surface area contributed by atoms with Crippen molar-refractivity contribution >= 4 is 22.4 Å². The molecule has 1 atom stereocenters. The molecule has 88 valence electrons. The summed E-state index contributed by atoms with van der Waals surface area (Å²) in [6, 6.07) is 0. The molecule has 1 aliphatic carbocycles. The number of anilines is 1. The number of aryl methyl sites for hydroxylation is 2. The van der Waals surface area contributed by atoms with Crippen LogP contribution in [-0.2, 0) is 4.79 Å². The molecule has 1 aromatic rings. The van der Waals surface area contributed by atoms with E-state index >= 15 is 0 Å². The van der Waals surface area contributed by atoms with E-state index in [0.717, 1.165) is 23.4 Å². The van der Waals surface area contributed by atoms with Crippen molar-refractivity contribution in [1.29, 1.82) is 0 Å². The van der Waals surface area contributed by atoms with E-state index < -0.39 is 11.5 Å². The molecule has 2 rings (SSSR count). The Labute approximate surface area is 98.7 Å². The van der Waals surface area contributed by atoms with Crippen molar-refractivity contribution in [3.8, 4) is 0 Å². The summed E-state index contributed by atoms with van der Waals surface area (Å²) in [7, 11) is 0. The summed E-state index contributed by atoms with van der Waals surface area (Å²) < 4.78 is 0. The number of nitrogens with zero attached hydrogens (tertiary/aromatic N) is 1. The van der Waals surface area contributed by atoms with Gasteiger partial charge in [-0.3, -0.25) is 0 Å². The monoisotopic (exact) mass is 240 g/mol. The first kappa shape index (κ1) is 11.4. The third-order valence-corrected chi connectivity index (χ3v) is 4.22. The summed E-state index contributed by atoms with van der Waals surface area (Å²) in [6.45, 7) is 5.68. The summed E-state index contributed by atoms with van der Waals surface area (Å²) in [5.74, 6) is -0.560. The fourth-order valence-corrected chi connectivity index (χ4v) is 2.67. The van der Waals surface area contributed by atoms with E-state index in [1.165, 1.54) is 11.3 Å². The Balaban J connectivity index is 2.20. The van der Waals surface area contributed by atoms with Gasteiger partial charge in [-0.15, -0.1) is 11.3 Å². The number of aromatic nitrogens is 1. The predicted molar refractivity (Wildman–Crippen MR) is 64.0 cm³/mol. The highest BCUT2D eigenvalue weighted by atomic mass is 32.1. The predicted octanol–water partition coefficient (Wildman–Crippen LogP) is 2.43. The Morgan fingerprint density at radius 2 is 2.19 bits per heavy atom. The minimum absolute atomic E-state index is 0.231. The summed E-state index contributed by atoms with van der Waals surface area (Å²) in [5, 5.41) is 13.1. The van der Waals surface area contributed by atoms with Gasteiger partial charge in [-0.05, 0) is 39.5 Å². The molecule has 0 aromatic carbocycles. The molecule has 1 unspecified atom stereocenters. The molecular weight excluding hydrogens is 224 g/mol. The third kappa shape index (κ3) is 1.91. The van der Waals surface area contributed by atoms with Gasteiger partial charge in [0.05, 0.1) is 5.69 Å². The van der Waals surface area contributed by atoms with Crippen LogP contribution in [0.4, 0.5) is 5.13 Å². The molecule has 0 radical (unpaired) electrons. The first-order chi connectivity index (χ1) is 7.43. The molecule has 0 saturated heterocycles. The third-order valence-electron chi connectivity index (χ3n) is 3.23. The second kappa shape index (κ2) is 3.73. The number of rotatable bonds is 4. The van der Waals surface area contributed by atoms with Crippen LogP contribution in [0.5, 0.6) is 0 Å². The maximum absolute atomic E-state index is 11.3. The van der Waals surface area contributed by atoms with Crippen molar-refractivity contribution in [3.63, 3.8) is 0 Å². The van der Waals surface area contributed by atoms with Crippen LogP contribution in [0.25, 0.3) is 0 Å². The number of carbonyl (C=O) groups is 1. The lowest BCUT2D eigenvalue weighted by Gasteiger charge is -2.25.